The Labute approximate surface area is 93.9 Å². The average molecular weight is 227 g/mol. The Hall–Kier alpha value is -0.940. The molecule has 0 aromatic carbocycles. The van der Waals surface area contributed by atoms with Crippen molar-refractivity contribution in [3.8, 4) is 0 Å². The number of hydrogen-bond donors (Lipinski definition) is 2. The molecule has 0 aliphatic rings. The van der Waals surface area contributed by atoms with Gasteiger partial charge in [0.15, 0.2) is 5.13 Å². The van der Waals surface area contributed by atoms with E-state index in [1.54, 1.807) is 6.20 Å². The molecule has 5 heteroatoms. The van der Waals surface area contributed by atoms with Gasteiger partial charge in [0.1, 0.15) is 0 Å². The fourth-order valence-corrected chi connectivity index (χ4v) is 1.77. The lowest BCUT2D eigenvalue weighted by Crippen LogP contribution is -2.16. The highest BCUT2D eigenvalue weighted by atomic mass is 32.1. The SMILES string of the molecule is Cc1cnc(NC(=O)CCC(C)CN)s1. The molecule has 0 radical (unpaired) electrons. The normalized spacial score (nSPS) is 12.5. The first-order chi connectivity index (χ1) is 7.11. The fraction of sp³-hybridized carbons (Fsp3) is 0.600. The number of carbonyl (C=O) groups is 1. The topological polar surface area (TPSA) is 68.0 Å². The number of carbonyl (C=O) groups excluding carboxylic acids is 1. The summed E-state index contributed by atoms with van der Waals surface area (Å²) in [7, 11) is 0. The molecule has 0 fully saturated rings. The quantitative estimate of drug-likeness (QED) is 0.805. The van der Waals surface area contributed by atoms with E-state index < -0.39 is 0 Å². The molecule has 0 saturated carbocycles. The molecule has 1 aromatic rings. The van der Waals surface area contributed by atoms with Gasteiger partial charge in [-0.1, -0.05) is 6.92 Å². The van der Waals surface area contributed by atoms with E-state index >= 15 is 0 Å². The minimum atomic E-state index is 0.0182. The number of anilines is 1. The number of nitrogens with one attached hydrogen (secondary N) is 1. The van der Waals surface area contributed by atoms with Gasteiger partial charge in [0.25, 0.3) is 0 Å². The highest BCUT2D eigenvalue weighted by Crippen LogP contribution is 2.17. The Morgan fingerprint density at radius 2 is 2.47 bits per heavy atom. The summed E-state index contributed by atoms with van der Waals surface area (Å²) < 4.78 is 0. The smallest absolute Gasteiger partial charge is 0.226 e. The predicted molar refractivity (Wildman–Crippen MR) is 62.9 cm³/mol. The Bertz CT molecular complexity index is 324. The summed E-state index contributed by atoms with van der Waals surface area (Å²) in [4.78, 5) is 16.6. The van der Waals surface area contributed by atoms with Gasteiger partial charge in [0.2, 0.25) is 5.91 Å². The molecule has 4 nitrogen and oxygen atoms in total. The summed E-state index contributed by atoms with van der Waals surface area (Å²) >= 11 is 1.49. The van der Waals surface area contributed by atoms with Crippen LogP contribution in [0, 0.1) is 12.8 Å². The molecule has 0 spiro atoms. The largest absolute Gasteiger partial charge is 0.330 e. The van der Waals surface area contributed by atoms with Crippen molar-refractivity contribution in [2.75, 3.05) is 11.9 Å². The molecule has 0 bridgehead atoms. The van der Waals surface area contributed by atoms with Gasteiger partial charge >= 0.3 is 0 Å². The summed E-state index contributed by atoms with van der Waals surface area (Å²) in [5.41, 5.74) is 5.47. The summed E-state index contributed by atoms with van der Waals surface area (Å²) in [6.45, 7) is 4.63. The van der Waals surface area contributed by atoms with Crippen molar-refractivity contribution in [1.82, 2.24) is 4.98 Å². The van der Waals surface area contributed by atoms with Crippen molar-refractivity contribution in [2.45, 2.75) is 26.7 Å². The Morgan fingerprint density at radius 1 is 1.73 bits per heavy atom. The van der Waals surface area contributed by atoms with Gasteiger partial charge in [-0.15, -0.1) is 11.3 Å². The zero-order chi connectivity index (χ0) is 11.3. The van der Waals surface area contributed by atoms with Gasteiger partial charge < -0.3 is 11.1 Å². The van der Waals surface area contributed by atoms with Crippen LogP contribution in [0.3, 0.4) is 0 Å². The molecule has 1 atom stereocenters. The Kier molecular flexibility index (Phi) is 4.71. The van der Waals surface area contributed by atoms with Crippen LogP contribution in [0.2, 0.25) is 0 Å². The van der Waals surface area contributed by atoms with E-state index in [9.17, 15) is 4.79 Å². The number of aryl methyl sites for hydroxylation is 1. The standard InChI is InChI=1S/C10H17N3OS/c1-7(5-11)3-4-9(14)13-10-12-6-8(2)15-10/h6-7H,3-5,11H2,1-2H3,(H,12,13,14). The van der Waals surface area contributed by atoms with E-state index in [4.69, 9.17) is 5.73 Å². The van der Waals surface area contributed by atoms with Crippen LogP contribution < -0.4 is 11.1 Å². The first kappa shape index (κ1) is 12.1. The predicted octanol–water partition coefficient (Wildman–Crippen LogP) is 1.77. The number of thiazole rings is 1. The van der Waals surface area contributed by atoms with Crippen LogP contribution in [0.1, 0.15) is 24.6 Å². The fourth-order valence-electron chi connectivity index (χ4n) is 1.09. The molecule has 1 heterocycles. The molecule has 1 amide bonds. The maximum Gasteiger partial charge on any atom is 0.226 e. The molecule has 1 unspecified atom stereocenters. The third-order valence-electron chi connectivity index (χ3n) is 2.13. The minimum absolute atomic E-state index is 0.0182. The van der Waals surface area contributed by atoms with E-state index in [2.05, 4.69) is 10.3 Å². The number of aromatic nitrogens is 1. The van der Waals surface area contributed by atoms with Crippen LogP contribution in [-0.2, 0) is 4.79 Å². The highest BCUT2D eigenvalue weighted by Gasteiger charge is 2.07. The van der Waals surface area contributed by atoms with Gasteiger partial charge in [0.05, 0.1) is 0 Å². The van der Waals surface area contributed by atoms with Crippen LogP contribution in [0.15, 0.2) is 6.20 Å². The Balaban J connectivity index is 2.30. The first-order valence-electron chi connectivity index (χ1n) is 5.04. The number of nitrogens with two attached hydrogens (primary N) is 1. The molecule has 1 rings (SSSR count). The van der Waals surface area contributed by atoms with Crippen LogP contribution in [-0.4, -0.2) is 17.4 Å². The zero-order valence-corrected chi connectivity index (χ0v) is 9.93. The molecule has 0 aliphatic heterocycles. The number of nitrogens with zero attached hydrogens (tertiary/aromatic N) is 1. The third kappa shape index (κ3) is 4.40. The molecule has 0 aliphatic carbocycles. The summed E-state index contributed by atoms with van der Waals surface area (Å²) in [6, 6.07) is 0. The molecule has 15 heavy (non-hydrogen) atoms. The van der Waals surface area contributed by atoms with Crippen molar-refractivity contribution in [2.24, 2.45) is 11.7 Å². The summed E-state index contributed by atoms with van der Waals surface area (Å²) in [5, 5.41) is 3.45. The lowest BCUT2D eigenvalue weighted by atomic mass is 10.1. The number of hydrogen-bond acceptors (Lipinski definition) is 4. The molecular formula is C10H17N3OS. The monoisotopic (exact) mass is 227 g/mol. The van der Waals surface area contributed by atoms with Gasteiger partial charge in [-0.2, -0.15) is 0 Å². The van der Waals surface area contributed by atoms with Crippen molar-refractivity contribution in [3.05, 3.63) is 11.1 Å². The maximum atomic E-state index is 11.5. The Morgan fingerprint density at radius 3 is 3.00 bits per heavy atom. The van der Waals surface area contributed by atoms with Gasteiger partial charge in [-0.3, -0.25) is 4.79 Å². The zero-order valence-electron chi connectivity index (χ0n) is 9.12. The van der Waals surface area contributed by atoms with Crippen molar-refractivity contribution in [1.29, 1.82) is 0 Å². The third-order valence-corrected chi connectivity index (χ3v) is 2.96. The average Bonchev–Trinajstić information content (AvgIpc) is 2.60. The first-order valence-corrected chi connectivity index (χ1v) is 5.85. The second kappa shape index (κ2) is 5.82. The van der Waals surface area contributed by atoms with Crippen molar-refractivity contribution in [3.63, 3.8) is 0 Å². The van der Waals surface area contributed by atoms with E-state index in [0.29, 0.717) is 24.0 Å². The lowest BCUT2D eigenvalue weighted by molar-refractivity contribution is -0.116. The number of rotatable bonds is 5. The minimum Gasteiger partial charge on any atom is -0.330 e. The molecule has 3 N–H and O–H groups in total. The van der Waals surface area contributed by atoms with Gasteiger partial charge in [0, 0.05) is 17.5 Å². The summed E-state index contributed by atoms with van der Waals surface area (Å²) in [6.07, 6.45) is 3.09. The number of amides is 1. The van der Waals surface area contributed by atoms with Crippen LogP contribution >= 0.6 is 11.3 Å². The maximum absolute atomic E-state index is 11.5. The molecular weight excluding hydrogens is 210 g/mol. The molecule has 84 valence electrons. The van der Waals surface area contributed by atoms with E-state index in [0.717, 1.165) is 11.3 Å². The van der Waals surface area contributed by atoms with E-state index in [1.165, 1.54) is 11.3 Å². The van der Waals surface area contributed by atoms with Crippen LogP contribution in [0.4, 0.5) is 5.13 Å². The summed E-state index contributed by atoms with van der Waals surface area (Å²) in [5.74, 6) is 0.415. The second-order valence-electron chi connectivity index (χ2n) is 3.70. The van der Waals surface area contributed by atoms with Crippen molar-refractivity contribution < 1.29 is 4.79 Å². The van der Waals surface area contributed by atoms with Crippen LogP contribution in [0.25, 0.3) is 0 Å². The van der Waals surface area contributed by atoms with Crippen molar-refractivity contribution >= 4 is 22.4 Å². The molecule has 0 saturated heterocycles. The highest BCUT2D eigenvalue weighted by molar-refractivity contribution is 7.15. The van der Waals surface area contributed by atoms with Gasteiger partial charge in [-0.05, 0) is 25.8 Å². The van der Waals surface area contributed by atoms with Gasteiger partial charge in [-0.25, -0.2) is 4.98 Å². The second-order valence-corrected chi connectivity index (χ2v) is 4.94. The lowest BCUT2D eigenvalue weighted by Gasteiger charge is -2.06. The van der Waals surface area contributed by atoms with E-state index in [-0.39, 0.29) is 5.91 Å². The molecule has 1 aromatic heterocycles. The van der Waals surface area contributed by atoms with Crippen LogP contribution in [0.5, 0.6) is 0 Å². The van der Waals surface area contributed by atoms with E-state index in [1.807, 2.05) is 13.8 Å².